The summed E-state index contributed by atoms with van der Waals surface area (Å²) in [5.74, 6) is 1.28. The first-order chi connectivity index (χ1) is 28.2. The van der Waals surface area contributed by atoms with Crippen LogP contribution in [0.4, 0.5) is 0 Å². The zero-order valence-electron chi connectivity index (χ0n) is 33.2. The summed E-state index contributed by atoms with van der Waals surface area (Å²) in [5, 5.41) is 42.6. The number of nitriles is 1. The van der Waals surface area contributed by atoms with Crippen molar-refractivity contribution in [3.63, 3.8) is 0 Å². The van der Waals surface area contributed by atoms with E-state index in [-0.39, 0.29) is 24.3 Å². The van der Waals surface area contributed by atoms with Crippen molar-refractivity contribution in [3.05, 3.63) is 94.5 Å². The predicted molar refractivity (Wildman–Crippen MR) is 219 cm³/mol. The number of oxazole rings is 1. The first-order valence-electron chi connectivity index (χ1n) is 20.1. The molecule has 0 spiro atoms. The fourth-order valence-electron chi connectivity index (χ4n) is 8.88. The van der Waals surface area contributed by atoms with Crippen LogP contribution in [0.15, 0.2) is 70.8 Å². The Morgan fingerprint density at radius 3 is 2.57 bits per heavy atom. The van der Waals surface area contributed by atoms with Crippen LogP contribution in [-0.2, 0) is 22.6 Å². The number of nitrogens with zero attached hydrogens (tertiary/aromatic N) is 4. The molecule has 4 N–H and O–H groups in total. The Hall–Kier alpha value is -5.52. The van der Waals surface area contributed by atoms with Crippen LogP contribution in [0, 0.1) is 17.2 Å². The zero-order chi connectivity index (χ0) is 40.3. The summed E-state index contributed by atoms with van der Waals surface area (Å²) in [6.45, 7) is 4.08. The maximum absolute atomic E-state index is 11.1. The zero-order valence-corrected chi connectivity index (χ0v) is 33.2. The summed E-state index contributed by atoms with van der Waals surface area (Å²) in [7, 11) is 3.28. The average molecular weight is 787 g/mol. The monoisotopic (exact) mass is 786 g/mol. The molecule has 58 heavy (non-hydrogen) atoms. The van der Waals surface area contributed by atoms with Crippen molar-refractivity contribution in [2.75, 3.05) is 27.4 Å². The molecule has 3 heterocycles. The molecule has 2 aromatic heterocycles. The molecule has 13 heteroatoms. The molecule has 2 aliphatic carbocycles. The predicted octanol–water partition coefficient (Wildman–Crippen LogP) is 6.94. The number of aliphatic hydroxyl groups is 1. The highest BCUT2D eigenvalue weighted by Gasteiger charge is 2.28. The molecule has 2 fully saturated rings. The van der Waals surface area contributed by atoms with E-state index in [2.05, 4.69) is 41.8 Å². The van der Waals surface area contributed by atoms with Gasteiger partial charge in [0.05, 0.1) is 61.4 Å². The molecule has 5 aromatic rings. The molecule has 0 bridgehead atoms. The molecule has 1 saturated carbocycles. The summed E-state index contributed by atoms with van der Waals surface area (Å²) < 4.78 is 25.4. The number of aliphatic hydroxyl groups excluding tert-OH is 1. The normalized spacial score (nSPS) is 22.4. The summed E-state index contributed by atoms with van der Waals surface area (Å²) in [5.41, 5.74) is 8.37. The summed E-state index contributed by atoms with van der Waals surface area (Å²) >= 11 is 0. The summed E-state index contributed by atoms with van der Waals surface area (Å²) in [4.78, 5) is 16.1. The van der Waals surface area contributed by atoms with Crippen LogP contribution in [0.3, 0.4) is 0 Å². The van der Waals surface area contributed by atoms with Gasteiger partial charge in [0.15, 0.2) is 5.58 Å². The van der Waals surface area contributed by atoms with E-state index in [0.29, 0.717) is 72.8 Å². The van der Waals surface area contributed by atoms with Gasteiger partial charge >= 0.3 is 5.97 Å². The van der Waals surface area contributed by atoms with Crippen LogP contribution >= 0.6 is 0 Å². The molecule has 8 rings (SSSR count). The lowest BCUT2D eigenvalue weighted by atomic mass is 9.84. The fourth-order valence-corrected chi connectivity index (χ4v) is 8.88. The van der Waals surface area contributed by atoms with E-state index in [1.165, 1.54) is 0 Å². The molecule has 3 atom stereocenters. The lowest BCUT2D eigenvalue weighted by Gasteiger charge is -2.29. The smallest absolute Gasteiger partial charge is 0.303 e. The molecule has 0 radical (unpaired) electrons. The highest BCUT2D eigenvalue weighted by molar-refractivity contribution is 5.96. The number of carboxylic acid groups (broad SMARTS) is 1. The minimum absolute atomic E-state index is 0.0865. The van der Waals surface area contributed by atoms with Crippen molar-refractivity contribution >= 4 is 33.5 Å². The van der Waals surface area contributed by atoms with Gasteiger partial charge in [-0.05, 0) is 86.3 Å². The van der Waals surface area contributed by atoms with E-state index in [4.69, 9.17) is 33.8 Å². The van der Waals surface area contributed by atoms with E-state index in [9.17, 15) is 15.2 Å². The highest BCUT2D eigenvalue weighted by Crippen LogP contribution is 2.41. The molecular weight excluding hydrogens is 737 g/mol. The quantitative estimate of drug-likeness (QED) is 0.0969. The molecule has 1 aliphatic heterocycles. The number of methoxy groups -OCH3 is 2. The lowest BCUT2D eigenvalue weighted by molar-refractivity contribution is -0.138. The molecule has 3 aromatic carbocycles. The second-order valence-corrected chi connectivity index (χ2v) is 15.7. The Morgan fingerprint density at radius 2 is 1.84 bits per heavy atom. The van der Waals surface area contributed by atoms with E-state index in [0.717, 1.165) is 76.5 Å². The van der Waals surface area contributed by atoms with E-state index in [1.54, 1.807) is 14.2 Å². The van der Waals surface area contributed by atoms with Crippen molar-refractivity contribution in [2.24, 2.45) is 5.92 Å². The fraction of sp³-hybridized carbons (Fsp3) is 0.422. The molecule has 302 valence electrons. The number of hydrogen-bond donors (Lipinski definition) is 4. The number of carboxylic acids is 1. The molecule has 3 aliphatic rings. The van der Waals surface area contributed by atoms with E-state index >= 15 is 0 Å². The lowest BCUT2D eigenvalue weighted by Crippen LogP contribution is -2.46. The Labute approximate surface area is 337 Å². The van der Waals surface area contributed by atoms with Gasteiger partial charge in [0.2, 0.25) is 5.89 Å². The second kappa shape index (κ2) is 17.1. The van der Waals surface area contributed by atoms with Gasteiger partial charge in [-0.2, -0.15) is 10.4 Å². The molecule has 1 unspecified atom stereocenters. The van der Waals surface area contributed by atoms with E-state index in [1.807, 2.05) is 47.3 Å². The Morgan fingerprint density at radius 1 is 1.05 bits per heavy atom. The number of ether oxygens (including phenoxy) is 3. The third kappa shape index (κ3) is 7.98. The number of hydrogen-bond acceptors (Lipinski definition) is 11. The van der Waals surface area contributed by atoms with Crippen LogP contribution in [0.5, 0.6) is 11.5 Å². The van der Waals surface area contributed by atoms with Crippen molar-refractivity contribution in [3.8, 4) is 23.3 Å². The second-order valence-electron chi connectivity index (χ2n) is 15.7. The first kappa shape index (κ1) is 39.3. The van der Waals surface area contributed by atoms with Gasteiger partial charge in [-0.25, -0.2) is 9.67 Å². The number of aliphatic carboxylic acids is 1. The van der Waals surface area contributed by atoms with Gasteiger partial charge < -0.3 is 39.5 Å². The van der Waals surface area contributed by atoms with E-state index < -0.39 is 12.1 Å². The number of carbonyl (C=O) groups is 1. The van der Waals surface area contributed by atoms with Crippen molar-refractivity contribution in [1.29, 1.82) is 5.26 Å². The Bertz CT molecular complexity index is 2390. The van der Waals surface area contributed by atoms with Crippen molar-refractivity contribution in [1.82, 2.24) is 25.4 Å². The van der Waals surface area contributed by atoms with Gasteiger partial charge in [0.25, 0.3) is 0 Å². The first-order valence-corrected chi connectivity index (χ1v) is 20.1. The molecule has 13 nitrogen and oxygen atoms in total. The minimum Gasteiger partial charge on any atom is -0.496 e. The van der Waals surface area contributed by atoms with Crippen LogP contribution in [0.1, 0.15) is 85.9 Å². The van der Waals surface area contributed by atoms with Gasteiger partial charge in [-0.3, -0.25) is 4.79 Å². The molecule has 0 amide bonds. The van der Waals surface area contributed by atoms with Crippen LogP contribution in [-0.4, -0.2) is 76.6 Å². The number of allylic oxidation sites excluding steroid dienone is 4. The summed E-state index contributed by atoms with van der Waals surface area (Å²) in [6.07, 6.45) is 11.0. The maximum atomic E-state index is 11.1. The minimum atomic E-state index is -0.725. The number of aromatic nitrogens is 3. The third-order valence-corrected chi connectivity index (χ3v) is 12.1. The number of rotatable bonds is 13. The standard InChI is InChI=1S/C45H50N6O7/c1-26-32(6-4-7-33(26)45-50-38-17-28(16-29(21-46)44(38)58-45)22-47-30-12-10-27(11-13-30)18-43(53)54)34-8-5-9-39-35(34)24-49-51(39)31-19-41(55-2)36(42(20-31)56-3)23-48-37-14-15-57-25-40(37)52/h4-6,8-9,16-17,19-20,24,27,30,33,37,40,47-48,52H,7,10-15,18,22-23,25H2,1-3H3,(H,53,54)/t27?,30?,33?,37-,40-/m0/s1. The van der Waals surface area contributed by atoms with Gasteiger partial charge in [0, 0.05) is 55.7 Å². The summed E-state index contributed by atoms with van der Waals surface area (Å²) in [6, 6.07) is 16.5. The van der Waals surface area contributed by atoms with Gasteiger partial charge in [-0.15, -0.1) is 0 Å². The van der Waals surface area contributed by atoms with Gasteiger partial charge in [0.1, 0.15) is 23.1 Å². The number of benzene rings is 3. The van der Waals surface area contributed by atoms with Crippen LogP contribution < -0.4 is 20.1 Å². The Kier molecular flexibility index (Phi) is 11.6. The third-order valence-electron chi connectivity index (χ3n) is 12.1. The average Bonchev–Trinajstić information content (AvgIpc) is 3.87. The SMILES string of the molecule is COc1cc(-n2ncc3c(C4=C(C)C(c5nc6cc(CNC7CCC(CC(=O)O)CC7)cc(C#N)c6o5)CC=C4)cccc32)cc(OC)c1CN[C@H]1CCOC[C@@H]1O. The van der Waals surface area contributed by atoms with Crippen LogP contribution in [0.2, 0.25) is 0 Å². The largest absolute Gasteiger partial charge is 0.496 e. The number of fused-ring (bicyclic) bond motifs is 2. The van der Waals surface area contributed by atoms with Crippen molar-refractivity contribution in [2.45, 2.75) is 89.1 Å². The van der Waals surface area contributed by atoms with Crippen LogP contribution in [0.25, 0.3) is 33.3 Å². The van der Waals surface area contributed by atoms with Crippen molar-refractivity contribution < 1.29 is 33.6 Å². The Balaban J connectivity index is 1.04. The molecule has 1 saturated heterocycles. The van der Waals surface area contributed by atoms with Gasteiger partial charge in [-0.1, -0.05) is 29.9 Å². The molecular formula is C45H50N6O7. The maximum Gasteiger partial charge on any atom is 0.303 e. The highest BCUT2D eigenvalue weighted by atomic mass is 16.5. The topological polar surface area (TPSA) is 177 Å². The number of nitrogens with one attached hydrogen (secondary N) is 2.